The first-order valence-electron chi connectivity index (χ1n) is 28.0. The number of carbonyl (C=O) groups excluding carboxylic acids is 2. The lowest BCUT2D eigenvalue weighted by Gasteiger charge is -2.24. The van der Waals surface area contributed by atoms with Crippen molar-refractivity contribution in [1.82, 2.24) is 5.32 Å². The molecule has 0 aromatic heterocycles. The van der Waals surface area contributed by atoms with Gasteiger partial charge in [-0.1, -0.05) is 229 Å². The molecule has 0 heterocycles. The Hall–Kier alpha value is -2.44. The molecule has 0 aliphatic rings. The molecule has 0 saturated carbocycles. The number of hydrogen-bond donors (Lipinski definition) is 3. The van der Waals surface area contributed by atoms with Gasteiger partial charge in [-0.25, -0.2) is 0 Å². The first-order valence-corrected chi connectivity index (χ1v) is 28.0. The smallest absolute Gasteiger partial charge is 0.306 e. The van der Waals surface area contributed by atoms with Crippen LogP contribution in [-0.2, 0) is 14.3 Å². The Morgan fingerprint density at radius 2 is 0.785 bits per heavy atom. The molecule has 3 N–H and O–H groups in total. The van der Waals surface area contributed by atoms with Crippen LogP contribution < -0.4 is 5.32 Å². The van der Waals surface area contributed by atoms with Crippen molar-refractivity contribution in [3.8, 4) is 0 Å². The topological polar surface area (TPSA) is 95.9 Å². The number of rotatable bonds is 50. The molecule has 0 bridgehead atoms. The van der Waals surface area contributed by atoms with Crippen molar-refractivity contribution in [1.29, 1.82) is 0 Å². The molecule has 0 rings (SSSR count). The van der Waals surface area contributed by atoms with E-state index in [0.29, 0.717) is 19.3 Å². The highest BCUT2D eigenvalue weighted by atomic mass is 16.5. The maximum Gasteiger partial charge on any atom is 0.306 e. The van der Waals surface area contributed by atoms with E-state index in [2.05, 4.69) is 86.8 Å². The van der Waals surface area contributed by atoms with Gasteiger partial charge in [0.2, 0.25) is 5.91 Å². The van der Waals surface area contributed by atoms with Gasteiger partial charge in [-0.05, 0) is 96.3 Å². The van der Waals surface area contributed by atoms with Crippen LogP contribution in [0, 0.1) is 0 Å². The lowest BCUT2D eigenvalue weighted by atomic mass is 10.0. The molecule has 0 fully saturated rings. The number of amides is 1. The monoisotopic (exact) mass is 910 g/mol. The number of allylic oxidation sites excluding steroid dienone is 10. The lowest BCUT2D eigenvalue weighted by molar-refractivity contribution is -0.151. The Morgan fingerprint density at radius 1 is 0.446 bits per heavy atom. The van der Waals surface area contributed by atoms with Gasteiger partial charge < -0.3 is 20.3 Å². The number of nitrogens with one attached hydrogen (secondary N) is 1. The van der Waals surface area contributed by atoms with E-state index in [1.54, 1.807) is 0 Å². The molecule has 3 unspecified atom stereocenters. The molecular weight excluding hydrogens is 803 g/mol. The predicted molar refractivity (Wildman–Crippen MR) is 282 cm³/mol. The van der Waals surface area contributed by atoms with E-state index in [1.807, 2.05) is 0 Å². The van der Waals surface area contributed by atoms with Crippen molar-refractivity contribution in [2.75, 3.05) is 6.61 Å². The summed E-state index contributed by atoms with van der Waals surface area (Å²) in [6.45, 7) is 6.45. The van der Waals surface area contributed by atoms with Crippen LogP contribution in [0.15, 0.2) is 60.8 Å². The molecule has 3 atom stereocenters. The summed E-state index contributed by atoms with van der Waals surface area (Å²) in [5.41, 5.74) is 0. The van der Waals surface area contributed by atoms with Crippen molar-refractivity contribution in [3.63, 3.8) is 0 Å². The third kappa shape index (κ3) is 47.8. The molecule has 6 heteroatoms. The SMILES string of the molecule is CCCCC/C=C\C/C=C\C/C=C\C/C=C\CCCCCC(=O)OC(CCCCC/C=C/CCCCCCCCC)CC(=O)NC(CO)C(O)CCCCCCCCCCCCCCC. The van der Waals surface area contributed by atoms with E-state index >= 15 is 0 Å². The summed E-state index contributed by atoms with van der Waals surface area (Å²) in [6, 6.07) is -0.714. The normalized spacial score (nSPS) is 13.6. The second kappa shape index (κ2) is 52.5. The zero-order chi connectivity index (χ0) is 47.4. The molecule has 0 saturated heterocycles. The van der Waals surface area contributed by atoms with Crippen LogP contribution in [0.2, 0.25) is 0 Å². The third-order valence-corrected chi connectivity index (χ3v) is 12.6. The highest BCUT2D eigenvalue weighted by Crippen LogP contribution is 2.17. The lowest BCUT2D eigenvalue weighted by Crippen LogP contribution is -2.46. The van der Waals surface area contributed by atoms with Crippen molar-refractivity contribution in [2.45, 2.75) is 296 Å². The van der Waals surface area contributed by atoms with Crippen LogP contribution in [0.5, 0.6) is 0 Å². The number of aliphatic hydroxyl groups excluding tert-OH is 2. The van der Waals surface area contributed by atoms with Gasteiger partial charge >= 0.3 is 5.97 Å². The Kier molecular flexibility index (Phi) is 50.6. The fourth-order valence-corrected chi connectivity index (χ4v) is 8.29. The molecule has 0 aromatic rings. The number of unbranched alkanes of at least 4 members (excludes halogenated alkanes) is 28. The fraction of sp³-hybridized carbons (Fsp3) is 0.797. The summed E-state index contributed by atoms with van der Waals surface area (Å²) in [5, 5.41) is 23.8. The molecule has 1 amide bonds. The van der Waals surface area contributed by atoms with E-state index in [0.717, 1.165) is 96.3 Å². The second-order valence-electron chi connectivity index (χ2n) is 19.0. The summed E-state index contributed by atoms with van der Waals surface area (Å²) in [7, 11) is 0. The average molecular weight is 911 g/mol. The van der Waals surface area contributed by atoms with Crippen LogP contribution >= 0.6 is 0 Å². The molecule has 378 valence electrons. The van der Waals surface area contributed by atoms with Gasteiger partial charge in [0.05, 0.1) is 25.2 Å². The van der Waals surface area contributed by atoms with E-state index in [9.17, 15) is 19.8 Å². The first-order chi connectivity index (χ1) is 32.0. The number of hydrogen-bond acceptors (Lipinski definition) is 5. The number of esters is 1. The van der Waals surface area contributed by atoms with Crippen LogP contribution in [0.4, 0.5) is 0 Å². The molecule has 65 heavy (non-hydrogen) atoms. The Labute approximate surface area is 403 Å². The van der Waals surface area contributed by atoms with Gasteiger partial charge in [-0.15, -0.1) is 0 Å². The van der Waals surface area contributed by atoms with E-state index in [-0.39, 0.29) is 24.9 Å². The quantitative estimate of drug-likeness (QED) is 0.0321. The van der Waals surface area contributed by atoms with Gasteiger partial charge in [0, 0.05) is 6.42 Å². The molecule has 0 spiro atoms. The zero-order valence-corrected chi connectivity index (χ0v) is 43.1. The minimum atomic E-state index is -0.798. The highest BCUT2D eigenvalue weighted by molar-refractivity contribution is 5.77. The number of aliphatic hydroxyl groups is 2. The van der Waals surface area contributed by atoms with Crippen LogP contribution in [0.3, 0.4) is 0 Å². The summed E-state index contributed by atoms with van der Waals surface area (Å²) >= 11 is 0. The Bertz CT molecular complexity index is 1160. The maximum absolute atomic E-state index is 13.2. The Morgan fingerprint density at radius 3 is 1.25 bits per heavy atom. The van der Waals surface area contributed by atoms with Crippen molar-refractivity contribution in [3.05, 3.63) is 60.8 Å². The van der Waals surface area contributed by atoms with Crippen molar-refractivity contribution in [2.24, 2.45) is 0 Å². The number of ether oxygens (including phenoxy) is 1. The van der Waals surface area contributed by atoms with E-state index in [4.69, 9.17) is 4.74 Å². The highest BCUT2D eigenvalue weighted by Gasteiger charge is 2.24. The fourth-order valence-electron chi connectivity index (χ4n) is 8.29. The van der Waals surface area contributed by atoms with Gasteiger partial charge in [-0.3, -0.25) is 9.59 Å². The first kappa shape index (κ1) is 62.6. The standard InChI is InChI=1S/C59H107NO5/c1-4-7-10-13-16-19-22-25-27-28-29-30-31-34-37-40-43-46-49-52-59(64)65-55(50-47-44-41-38-35-33-26-23-20-17-14-11-8-5-2)53-58(63)60-56(54-61)57(62)51-48-45-42-39-36-32-24-21-18-15-12-9-6-3/h16,19,25,27,29-30,33-35,37,55-57,61-62H,4-15,17-18,20-24,26,28,31-32,36,38-54H2,1-3H3,(H,60,63)/b19-16-,27-25-,30-29-,35-33+,37-34-. The molecule has 6 nitrogen and oxygen atoms in total. The summed E-state index contributed by atoms with van der Waals surface area (Å²) in [4.78, 5) is 26.2. The summed E-state index contributed by atoms with van der Waals surface area (Å²) < 4.78 is 5.93. The number of carbonyl (C=O) groups is 2. The molecule has 0 aliphatic carbocycles. The van der Waals surface area contributed by atoms with Gasteiger partial charge in [-0.2, -0.15) is 0 Å². The van der Waals surface area contributed by atoms with Gasteiger partial charge in [0.15, 0.2) is 0 Å². The van der Waals surface area contributed by atoms with Crippen LogP contribution in [-0.4, -0.2) is 46.9 Å². The molecule has 0 radical (unpaired) electrons. The third-order valence-electron chi connectivity index (χ3n) is 12.6. The van der Waals surface area contributed by atoms with Crippen molar-refractivity contribution < 1.29 is 24.5 Å². The average Bonchev–Trinajstić information content (AvgIpc) is 3.30. The maximum atomic E-state index is 13.2. The predicted octanol–water partition coefficient (Wildman–Crippen LogP) is 17.2. The van der Waals surface area contributed by atoms with E-state index < -0.39 is 18.2 Å². The zero-order valence-electron chi connectivity index (χ0n) is 43.1. The molecule has 0 aromatic carbocycles. The Balaban J connectivity index is 4.63. The van der Waals surface area contributed by atoms with Crippen LogP contribution in [0.25, 0.3) is 0 Å². The van der Waals surface area contributed by atoms with Crippen molar-refractivity contribution >= 4 is 11.9 Å². The minimum absolute atomic E-state index is 0.0537. The summed E-state index contributed by atoms with van der Waals surface area (Å²) in [6.07, 6.45) is 65.6. The second-order valence-corrected chi connectivity index (χ2v) is 19.0. The van der Waals surface area contributed by atoms with Gasteiger partial charge in [0.25, 0.3) is 0 Å². The largest absolute Gasteiger partial charge is 0.462 e. The van der Waals surface area contributed by atoms with Gasteiger partial charge in [0.1, 0.15) is 6.10 Å². The minimum Gasteiger partial charge on any atom is -0.462 e. The van der Waals surface area contributed by atoms with E-state index in [1.165, 1.54) is 135 Å². The molecule has 0 aliphatic heterocycles. The summed E-state index contributed by atoms with van der Waals surface area (Å²) in [5.74, 6) is -0.520. The molecular formula is C59H107NO5. The van der Waals surface area contributed by atoms with Crippen LogP contribution in [0.1, 0.15) is 278 Å².